The molecule has 0 saturated heterocycles. The van der Waals surface area contributed by atoms with Crippen LogP contribution in [0.5, 0.6) is 5.75 Å². The van der Waals surface area contributed by atoms with Crippen LogP contribution in [0.3, 0.4) is 0 Å². The van der Waals surface area contributed by atoms with E-state index >= 15 is 0 Å². The van der Waals surface area contributed by atoms with E-state index in [1.54, 1.807) is 22.5 Å². The third kappa shape index (κ3) is 3.35. The quantitative estimate of drug-likeness (QED) is 0.516. The summed E-state index contributed by atoms with van der Waals surface area (Å²) in [6.07, 6.45) is 2.33. The molecule has 1 saturated carbocycles. The van der Waals surface area contributed by atoms with Gasteiger partial charge in [-0.25, -0.2) is 4.98 Å². The fourth-order valence-corrected chi connectivity index (χ4v) is 7.61. The number of hydrogen-bond donors (Lipinski definition) is 2. The minimum Gasteiger partial charge on any atom is -0.490 e. The van der Waals surface area contributed by atoms with E-state index in [4.69, 9.17) is 14.8 Å². The Balaban J connectivity index is 1.42. The molecule has 1 unspecified atom stereocenters. The molecule has 4 nitrogen and oxygen atoms in total. The number of nitrogens with zero attached hydrogens (tertiary/aromatic N) is 1. The first-order chi connectivity index (χ1) is 14.7. The molecule has 2 aromatic heterocycles. The van der Waals surface area contributed by atoms with Crippen LogP contribution in [-0.2, 0) is 6.42 Å². The second kappa shape index (κ2) is 7.41. The molecular weight excluding hydrogens is 426 g/mol. The number of rotatable bonds is 6. The van der Waals surface area contributed by atoms with Crippen LogP contribution in [0.15, 0.2) is 18.3 Å². The molecule has 3 aromatic rings. The molecular formula is C25H29NO3S2. The number of thiazole rings is 1. The lowest BCUT2D eigenvalue weighted by atomic mass is 9.95. The maximum Gasteiger partial charge on any atom is 0.134 e. The predicted octanol–water partition coefficient (Wildman–Crippen LogP) is 5.49. The molecule has 0 amide bonds. The lowest BCUT2D eigenvalue weighted by Gasteiger charge is -2.15. The van der Waals surface area contributed by atoms with Crippen LogP contribution < -0.4 is 4.74 Å². The number of aromatic nitrogens is 1. The molecule has 0 spiro atoms. The van der Waals surface area contributed by atoms with Crippen molar-refractivity contribution in [1.82, 2.24) is 4.98 Å². The van der Waals surface area contributed by atoms with E-state index in [0.29, 0.717) is 5.41 Å². The van der Waals surface area contributed by atoms with Crippen molar-refractivity contribution in [3.63, 3.8) is 0 Å². The van der Waals surface area contributed by atoms with Crippen molar-refractivity contribution in [1.29, 1.82) is 0 Å². The topological polar surface area (TPSA) is 62.6 Å². The van der Waals surface area contributed by atoms with Gasteiger partial charge in [0, 0.05) is 11.1 Å². The highest BCUT2D eigenvalue weighted by Gasteiger charge is 2.63. The summed E-state index contributed by atoms with van der Waals surface area (Å²) in [6, 6.07) is 4.24. The lowest BCUT2D eigenvalue weighted by Crippen LogP contribution is -2.21. The van der Waals surface area contributed by atoms with Crippen molar-refractivity contribution in [2.75, 3.05) is 13.2 Å². The largest absolute Gasteiger partial charge is 0.490 e. The van der Waals surface area contributed by atoms with Gasteiger partial charge in [-0.15, -0.1) is 22.7 Å². The summed E-state index contributed by atoms with van der Waals surface area (Å²) in [4.78, 5) is 8.82. The SMILES string of the molecule is Cc1cc(-c2cnc(-c3sc(C)c4c3C[C@@H]3[C@H]4C3(C)C)s2)cc(C)c1OCC(O)CO. The van der Waals surface area contributed by atoms with Crippen molar-refractivity contribution >= 4 is 22.7 Å². The van der Waals surface area contributed by atoms with Crippen LogP contribution >= 0.6 is 22.7 Å². The molecule has 3 atom stereocenters. The zero-order chi connectivity index (χ0) is 22.1. The molecule has 2 heterocycles. The lowest BCUT2D eigenvalue weighted by molar-refractivity contribution is 0.0532. The molecule has 2 N–H and O–H groups in total. The van der Waals surface area contributed by atoms with Crippen molar-refractivity contribution in [2.45, 2.75) is 53.1 Å². The molecule has 164 valence electrons. The number of benzene rings is 1. The predicted molar refractivity (Wildman–Crippen MR) is 127 cm³/mol. The summed E-state index contributed by atoms with van der Waals surface area (Å²) >= 11 is 3.68. The van der Waals surface area contributed by atoms with Gasteiger partial charge in [0.05, 0.1) is 16.4 Å². The Hall–Kier alpha value is -1.73. The molecule has 1 aromatic carbocycles. The Kier molecular flexibility index (Phi) is 5.05. The van der Waals surface area contributed by atoms with E-state index in [0.717, 1.165) is 44.2 Å². The van der Waals surface area contributed by atoms with E-state index in [1.165, 1.54) is 16.2 Å². The molecule has 0 aliphatic heterocycles. The van der Waals surface area contributed by atoms with Crippen LogP contribution in [0, 0.1) is 32.1 Å². The minimum absolute atomic E-state index is 0.0872. The van der Waals surface area contributed by atoms with Gasteiger partial charge in [0.15, 0.2) is 0 Å². The van der Waals surface area contributed by atoms with Crippen molar-refractivity contribution < 1.29 is 14.9 Å². The highest BCUT2D eigenvalue weighted by molar-refractivity contribution is 7.23. The number of aliphatic hydroxyl groups excluding tert-OH is 2. The summed E-state index contributed by atoms with van der Waals surface area (Å²) in [6.45, 7) is 10.9. The second-order valence-corrected chi connectivity index (χ2v) is 11.9. The van der Waals surface area contributed by atoms with E-state index in [2.05, 4.69) is 32.9 Å². The van der Waals surface area contributed by atoms with Gasteiger partial charge in [0.1, 0.15) is 23.5 Å². The van der Waals surface area contributed by atoms with Crippen LogP contribution in [-0.4, -0.2) is 34.5 Å². The Bertz CT molecular complexity index is 1140. The van der Waals surface area contributed by atoms with Crippen molar-refractivity contribution in [3.05, 3.63) is 45.5 Å². The highest BCUT2D eigenvalue weighted by atomic mass is 32.1. The van der Waals surface area contributed by atoms with Crippen molar-refractivity contribution in [3.8, 4) is 26.1 Å². The van der Waals surface area contributed by atoms with Gasteiger partial charge in [0.25, 0.3) is 0 Å². The Morgan fingerprint density at radius 2 is 1.90 bits per heavy atom. The maximum absolute atomic E-state index is 9.58. The fraction of sp³-hybridized carbons (Fsp3) is 0.480. The molecule has 0 bridgehead atoms. The zero-order valence-electron chi connectivity index (χ0n) is 18.7. The monoisotopic (exact) mass is 455 g/mol. The molecule has 2 aliphatic carbocycles. The van der Waals surface area contributed by atoms with Crippen LogP contribution in [0.25, 0.3) is 20.3 Å². The van der Waals surface area contributed by atoms with Crippen LogP contribution in [0.1, 0.15) is 46.9 Å². The third-order valence-corrected chi connectivity index (χ3v) is 9.46. The Labute approximate surface area is 191 Å². The average Bonchev–Trinajstić information content (AvgIpc) is 3.22. The number of aryl methyl sites for hydroxylation is 3. The van der Waals surface area contributed by atoms with E-state index in [1.807, 2.05) is 31.4 Å². The number of thiophene rings is 1. The van der Waals surface area contributed by atoms with Gasteiger partial charge >= 0.3 is 0 Å². The van der Waals surface area contributed by atoms with Gasteiger partial charge in [-0.1, -0.05) is 13.8 Å². The first-order valence-corrected chi connectivity index (χ1v) is 12.5. The highest BCUT2D eigenvalue weighted by Crippen LogP contribution is 2.72. The van der Waals surface area contributed by atoms with E-state index in [9.17, 15) is 5.11 Å². The summed E-state index contributed by atoms with van der Waals surface area (Å²) in [7, 11) is 0. The second-order valence-electron chi connectivity index (χ2n) is 9.61. The smallest absolute Gasteiger partial charge is 0.134 e. The normalized spacial score (nSPS) is 21.6. The van der Waals surface area contributed by atoms with Gasteiger partial charge in [0.2, 0.25) is 0 Å². The zero-order valence-corrected chi connectivity index (χ0v) is 20.3. The summed E-state index contributed by atoms with van der Waals surface area (Å²) in [5.74, 6) is 2.33. The molecule has 1 fully saturated rings. The molecule has 31 heavy (non-hydrogen) atoms. The van der Waals surface area contributed by atoms with Gasteiger partial charge in [-0.3, -0.25) is 0 Å². The van der Waals surface area contributed by atoms with E-state index < -0.39 is 6.10 Å². The Morgan fingerprint density at radius 3 is 2.58 bits per heavy atom. The van der Waals surface area contributed by atoms with Crippen LogP contribution in [0.2, 0.25) is 0 Å². The van der Waals surface area contributed by atoms with E-state index in [-0.39, 0.29) is 13.2 Å². The molecule has 0 radical (unpaired) electrons. The minimum atomic E-state index is -0.866. The average molecular weight is 456 g/mol. The number of aliphatic hydroxyl groups is 2. The summed E-state index contributed by atoms with van der Waals surface area (Å²) < 4.78 is 5.75. The molecule has 2 aliphatic rings. The number of hydrogen-bond acceptors (Lipinski definition) is 6. The number of ether oxygens (including phenoxy) is 1. The first-order valence-electron chi connectivity index (χ1n) is 10.8. The van der Waals surface area contributed by atoms with Crippen LogP contribution in [0.4, 0.5) is 0 Å². The number of fused-ring (bicyclic) bond motifs is 3. The Morgan fingerprint density at radius 1 is 1.19 bits per heavy atom. The van der Waals surface area contributed by atoms with Gasteiger partial charge < -0.3 is 14.9 Å². The summed E-state index contributed by atoms with van der Waals surface area (Å²) in [5, 5.41) is 19.7. The standard InChI is InChI=1S/C25H29NO3S2/c1-12-6-15(7-13(2)22(12)29-11-16(28)10-27)19-9-26-24(31-19)23-17-8-18-21(25(18,4)5)20(17)14(3)30-23/h6-7,9,16,18,21,27-28H,8,10-11H2,1-5H3/t16?,18-,21-/m1/s1. The fourth-order valence-electron chi connectivity index (χ4n) is 5.37. The maximum atomic E-state index is 9.58. The van der Waals surface area contributed by atoms with Crippen molar-refractivity contribution in [2.24, 2.45) is 11.3 Å². The molecule has 5 rings (SSSR count). The third-order valence-electron chi connectivity index (χ3n) is 7.09. The first kappa shape index (κ1) is 21.1. The summed E-state index contributed by atoms with van der Waals surface area (Å²) in [5.41, 5.74) is 6.82. The van der Waals surface area contributed by atoms with Gasteiger partial charge in [-0.05, 0) is 84.4 Å². The molecule has 6 heteroatoms. The van der Waals surface area contributed by atoms with Gasteiger partial charge in [-0.2, -0.15) is 0 Å².